The van der Waals surface area contributed by atoms with Crippen molar-refractivity contribution in [2.45, 2.75) is 44.2 Å². The minimum absolute atomic E-state index is 0.456. The Balaban J connectivity index is 1.58. The van der Waals surface area contributed by atoms with Gasteiger partial charge in [0, 0.05) is 28.5 Å². The number of halogens is 1. The number of aryl methyl sites for hydroxylation is 2. The Bertz CT molecular complexity index is 634. The smallest absolute Gasteiger partial charge is 0.108 e. The minimum atomic E-state index is 0.456. The van der Waals surface area contributed by atoms with Gasteiger partial charge in [-0.15, -0.1) is 0 Å². The highest BCUT2D eigenvalue weighted by Crippen LogP contribution is 2.37. The van der Waals surface area contributed by atoms with Gasteiger partial charge in [-0.3, -0.25) is 0 Å². The molecular weight excluding hydrogens is 314 g/mol. The van der Waals surface area contributed by atoms with Crippen molar-refractivity contribution in [1.82, 2.24) is 5.32 Å². The molecule has 20 heavy (non-hydrogen) atoms. The van der Waals surface area contributed by atoms with Crippen LogP contribution in [0.15, 0.2) is 39.4 Å². The molecule has 0 radical (unpaired) electrons. The Hall–Kier alpha value is -1.06. The second-order valence-corrected chi connectivity index (χ2v) is 6.76. The van der Waals surface area contributed by atoms with Crippen LogP contribution >= 0.6 is 15.9 Å². The van der Waals surface area contributed by atoms with Gasteiger partial charge < -0.3 is 9.73 Å². The van der Waals surface area contributed by atoms with E-state index in [0.717, 1.165) is 6.42 Å². The van der Waals surface area contributed by atoms with Crippen LogP contribution in [-0.4, -0.2) is 0 Å². The van der Waals surface area contributed by atoms with Gasteiger partial charge in [0.2, 0.25) is 0 Å². The van der Waals surface area contributed by atoms with Crippen LogP contribution in [0.3, 0.4) is 0 Å². The van der Waals surface area contributed by atoms with Crippen molar-refractivity contribution in [2.24, 2.45) is 0 Å². The van der Waals surface area contributed by atoms with Crippen LogP contribution in [0.5, 0.6) is 0 Å². The zero-order valence-electron chi connectivity index (χ0n) is 11.4. The molecule has 1 heterocycles. The SMILES string of the molecule is Brc1ccc2c(c1)CCC2NC1CCCc2occc21. The normalized spacial score (nSPS) is 24.4. The quantitative estimate of drug-likeness (QED) is 0.863. The molecule has 2 aromatic rings. The lowest BCUT2D eigenvalue weighted by atomic mass is 9.92. The van der Waals surface area contributed by atoms with Gasteiger partial charge in [-0.25, -0.2) is 0 Å². The summed E-state index contributed by atoms with van der Waals surface area (Å²) >= 11 is 3.57. The highest BCUT2D eigenvalue weighted by molar-refractivity contribution is 9.10. The van der Waals surface area contributed by atoms with Crippen LogP contribution in [0.2, 0.25) is 0 Å². The molecule has 2 unspecified atom stereocenters. The maximum absolute atomic E-state index is 5.59. The van der Waals surface area contributed by atoms with Gasteiger partial charge in [0.05, 0.1) is 6.26 Å². The zero-order valence-corrected chi connectivity index (χ0v) is 12.9. The molecule has 2 aliphatic carbocycles. The van der Waals surface area contributed by atoms with E-state index in [-0.39, 0.29) is 0 Å². The molecule has 1 aromatic carbocycles. The third kappa shape index (κ3) is 2.13. The van der Waals surface area contributed by atoms with Crippen molar-refractivity contribution in [3.63, 3.8) is 0 Å². The average molecular weight is 332 g/mol. The number of benzene rings is 1. The Kier molecular flexibility index (Phi) is 3.20. The van der Waals surface area contributed by atoms with E-state index in [1.165, 1.54) is 52.6 Å². The minimum Gasteiger partial charge on any atom is -0.469 e. The van der Waals surface area contributed by atoms with Crippen LogP contribution in [0.25, 0.3) is 0 Å². The molecule has 2 nitrogen and oxygen atoms in total. The molecule has 0 spiro atoms. The summed E-state index contributed by atoms with van der Waals surface area (Å²) in [5.74, 6) is 1.18. The van der Waals surface area contributed by atoms with E-state index >= 15 is 0 Å². The van der Waals surface area contributed by atoms with E-state index in [9.17, 15) is 0 Å². The molecule has 104 valence electrons. The Morgan fingerprint density at radius 3 is 2.90 bits per heavy atom. The highest BCUT2D eigenvalue weighted by Gasteiger charge is 2.28. The van der Waals surface area contributed by atoms with Crippen molar-refractivity contribution < 1.29 is 4.42 Å². The van der Waals surface area contributed by atoms with Crippen LogP contribution in [0, 0.1) is 0 Å². The lowest BCUT2D eigenvalue weighted by Crippen LogP contribution is -2.27. The maximum atomic E-state index is 5.59. The molecule has 0 aliphatic heterocycles. The topological polar surface area (TPSA) is 25.2 Å². The van der Waals surface area contributed by atoms with Crippen molar-refractivity contribution in [1.29, 1.82) is 0 Å². The fourth-order valence-electron chi connectivity index (χ4n) is 3.66. The molecule has 2 aliphatic rings. The molecule has 0 amide bonds. The number of fused-ring (bicyclic) bond motifs is 2. The number of rotatable bonds is 2. The first-order valence-electron chi connectivity index (χ1n) is 7.42. The van der Waals surface area contributed by atoms with E-state index in [2.05, 4.69) is 45.5 Å². The van der Waals surface area contributed by atoms with E-state index in [4.69, 9.17) is 4.42 Å². The summed E-state index contributed by atoms with van der Waals surface area (Å²) in [5.41, 5.74) is 4.34. The second kappa shape index (κ2) is 5.05. The third-order valence-electron chi connectivity index (χ3n) is 4.64. The molecule has 2 atom stereocenters. The molecule has 1 aromatic heterocycles. The predicted molar refractivity (Wildman–Crippen MR) is 82.7 cm³/mol. The molecule has 0 saturated carbocycles. The first kappa shape index (κ1) is 12.7. The molecule has 1 N–H and O–H groups in total. The fourth-order valence-corrected chi connectivity index (χ4v) is 4.07. The highest BCUT2D eigenvalue weighted by atomic mass is 79.9. The van der Waals surface area contributed by atoms with E-state index in [0.29, 0.717) is 12.1 Å². The number of furan rings is 1. The summed E-state index contributed by atoms with van der Waals surface area (Å²) < 4.78 is 6.78. The van der Waals surface area contributed by atoms with Gasteiger partial charge in [-0.1, -0.05) is 22.0 Å². The van der Waals surface area contributed by atoms with Crippen LogP contribution in [-0.2, 0) is 12.8 Å². The standard InChI is InChI=1S/C17H18BrNO/c18-12-5-6-13-11(10-12)4-7-16(13)19-15-2-1-3-17-14(15)8-9-20-17/h5-6,8-10,15-16,19H,1-4,7H2. The van der Waals surface area contributed by atoms with Gasteiger partial charge in [0.25, 0.3) is 0 Å². The van der Waals surface area contributed by atoms with Crippen molar-refractivity contribution in [3.05, 3.63) is 57.5 Å². The average Bonchev–Trinajstić information content (AvgIpc) is 3.06. The zero-order chi connectivity index (χ0) is 13.5. The van der Waals surface area contributed by atoms with Gasteiger partial charge in [0.15, 0.2) is 0 Å². The second-order valence-electron chi connectivity index (χ2n) is 5.84. The van der Waals surface area contributed by atoms with Gasteiger partial charge in [0.1, 0.15) is 5.76 Å². The molecule has 0 fully saturated rings. The number of hydrogen-bond acceptors (Lipinski definition) is 2. The van der Waals surface area contributed by atoms with Crippen LogP contribution in [0.1, 0.15) is 53.8 Å². The lowest BCUT2D eigenvalue weighted by molar-refractivity contribution is 0.375. The van der Waals surface area contributed by atoms with Gasteiger partial charge >= 0.3 is 0 Å². The molecule has 0 saturated heterocycles. The number of hydrogen-bond donors (Lipinski definition) is 1. The Labute approximate surface area is 127 Å². The summed E-state index contributed by atoms with van der Waals surface area (Å²) in [6, 6.07) is 9.78. The van der Waals surface area contributed by atoms with Crippen molar-refractivity contribution >= 4 is 15.9 Å². The summed E-state index contributed by atoms with van der Waals surface area (Å²) in [6.07, 6.45) is 7.75. The van der Waals surface area contributed by atoms with Gasteiger partial charge in [-0.2, -0.15) is 0 Å². The fraction of sp³-hybridized carbons (Fsp3) is 0.412. The predicted octanol–water partition coefficient (Wildman–Crippen LogP) is 4.70. The summed E-state index contributed by atoms with van der Waals surface area (Å²) in [5, 5.41) is 3.86. The summed E-state index contributed by atoms with van der Waals surface area (Å²) in [6.45, 7) is 0. The molecule has 0 bridgehead atoms. The van der Waals surface area contributed by atoms with Crippen molar-refractivity contribution in [3.8, 4) is 0 Å². The van der Waals surface area contributed by atoms with E-state index in [1.807, 2.05) is 6.26 Å². The van der Waals surface area contributed by atoms with Crippen LogP contribution in [0.4, 0.5) is 0 Å². The lowest BCUT2D eigenvalue weighted by Gasteiger charge is -2.26. The van der Waals surface area contributed by atoms with Gasteiger partial charge in [-0.05, 0) is 55.0 Å². The van der Waals surface area contributed by atoms with Crippen molar-refractivity contribution in [2.75, 3.05) is 0 Å². The van der Waals surface area contributed by atoms with Crippen LogP contribution < -0.4 is 5.32 Å². The Morgan fingerprint density at radius 1 is 1.05 bits per heavy atom. The molecule has 4 rings (SSSR count). The Morgan fingerprint density at radius 2 is 1.95 bits per heavy atom. The number of nitrogens with one attached hydrogen (secondary N) is 1. The monoisotopic (exact) mass is 331 g/mol. The van der Waals surface area contributed by atoms with E-state index in [1.54, 1.807) is 0 Å². The first-order valence-corrected chi connectivity index (χ1v) is 8.21. The maximum Gasteiger partial charge on any atom is 0.108 e. The summed E-state index contributed by atoms with van der Waals surface area (Å²) in [7, 11) is 0. The summed E-state index contributed by atoms with van der Waals surface area (Å²) in [4.78, 5) is 0. The molecule has 3 heteroatoms. The third-order valence-corrected chi connectivity index (χ3v) is 5.13. The molecular formula is C17H18BrNO. The van der Waals surface area contributed by atoms with E-state index < -0.39 is 0 Å². The largest absolute Gasteiger partial charge is 0.469 e. The first-order chi connectivity index (χ1) is 9.81.